The summed E-state index contributed by atoms with van der Waals surface area (Å²) in [5.74, 6) is 0.355. The lowest BCUT2D eigenvalue weighted by atomic mass is 10.3. The Hall–Kier alpha value is 0.130. The second-order valence-corrected chi connectivity index (χ2v) is 11.2. The van der Waals surface area contributed by atoms with Gasteiger partial charge in [-0.25, -0.2) is 8.42 Å². The molecule has 0 rings (SSSR count). The van der Waals surface area contributed by atoms with Gasteiger partial charge in [0.1, 0.15) is 6.29 Å². The lowest BCUT2D eigenvalue weighted by Crippen LogP contribution is -2.38. The van der Waals surface area contributed by atoms with Gasteiger partial charge in [0, 0.05) is 7.26 Å². The van der Waals surface area contributed by atoms with E-state index in [1.807, 2.05) is 27.7 Å². The zero-order valence-electron chi connectivity index (χ0n) is 11.2. The summed E-state index contributed by atoms with van der Waals surface area (Å²) in [4.78, 5) is 0. The highest BCUT2D eigenvalue weighted by Crippen LogP contribution is 2.58. The van der Waals surface area contributed by atoms with Gasteiger partial charge in [-0.3, -0.25) is 0 Å². The molecule has 0 fully saturated rings. The molecule has 0 heterocycles. The van der Waals surface area contributed by atoms with Gasteiger partial charge in [0.05, 0.1) is 18.5 Å². The Balaban J connectivity index is 4.84. The number of hydrogen-bond donors (Lipinski definition) is 1. The molecule has 0 saturated heterocycles. The van der Waals surface area contributed by atoms with Crippen LogP contribution in [0.3, 0.4) is 0 Å². The van der Waals surface area contributed by atoms with E-state index < -0.39 is 22.8 Å². The summed E-state index contributed by atoms with van der Waals surface area (Å²) in [6.45, 7) is 7.83. The minimum absolute atomic E-state index is 0.0555. The van der Waals surface area contributed by atoms with E-state index in [1.54, 1.807) is 4.72 Å². The molecule has 0 aromatic heterocycles. The Labute approximate surface area is 108 Å². The zero-order chi connectivity index (χ0) is 14.6. The SMILES string of the molecule is CC[P+](CC)(CNS(=O)(=O)C(F)(F)F)CC(C)C. The van der Waals surface area contributed by atoms with Gasteiger partial charge >= 0.3 is 15.5 Å². The van der Waals surface area contributed by atoms with Crippen molar-refractivity contribution in [1.29, 1.82) is 0 Å². The highest BCUT2D eigenvalue weighted by atomic mass is 32.2. The summed E-state index contributed by atoms with van der Waals surface area (Å²) in [6, 6.07) is 0. The van der Waals surface area contributed by atoms with E-state index in [9.17, 15) is 21.6 Å². The van der Waals surface area contributed by atoms with Crippen molar-refractivity contribution < 1.29 is 21.6 Å². The first kappa shape index (κ1) is 18.1. The van der Waals surface area contributed by atoms with Crippen molar-refractivity contribution in [3.63, 3.8) is 0 Å². The van der Waals surface area contributed by atoms with Crippen molar-refractivity contribution in [2.75, 3.05) is 24.8 Å². The van der Waals surface area contributed by atoms with E-state index >= 15 is 0 Å². The fraction of sp³-hybridized carbons (Fsp3) is 1.00. The average Bonchev–Trinajstić information content (AvgIpc) is 2.22. The van der Waals surface area contributed by atoms with Crippen LogP contribution in [0.5, 0.6) is 0 Å². The van der Waals surface area contributed by atoms with Crippen molar-refractivity contribution in [3.8, 4) is 0 Å². The Morgan fingerprint density at radius 2 is 1.61 bits per heavy atom. The molecule has 0 aliphatic carbocycles. The van der Waals surface area contributed by atoms with Crippen LogP contribution in [0.25, 0.3) is 0 Å². The van der Waals surface area contributed by atoms with E-state index in [1.165, 1.54) is 0 Å². The quantitative estimate of drug-likeness (QED) is 0.735. The first-order valence-electron chi connectivity index (χ1n) is 5.90. The third-order valence-corrected chi connectivity index (χ3v) is 9.35. The number of nitrogens with one attached hydrogen (secondary N) is 1. The molecular weight excluding hydrogens is 286 g/mol. The maximum Gasteiger partial charge on any atom is 0.511 e. The van der Waals surface area contributed by atoms with E-state index in [2.05, 4.69) is 0 Å². The number of sulfonamides is 1. The Bertz CT molecular complexity index is 351. The second-order valence-electron chi connectivity index (χ2n) is 4.80. The molecule has 0 saturated carbocycles. The molecule has 0 aliphatic heterocycles. The highest BCUT2D eigenvalue weighted by Gasteiger charge is 2.48. The largest absolute Gasteiger partial charge is 0.511 e. The van der Waals surface area contributed by atoms with Gasteiger partial charge in [0.15, 0.2) is 0 Å². The minimum atomic E-state index is -5.22. The van der Waals surface area contributed by atoms with Gasteiger partial charge in [-0.1, -0.05) is 13.8 Å². The molecule has 0 bridgehead atoms. The van der Waals surface area contributed by atoms with Crippen molar-refractivity contribution in [2.24, 2.45) is 5.92 Å². The molecule has 0 radical (unpaired) electrons. The van der Waals surface area contributed by atoms with Crippen molar-refractivity contribution in [3.05, 3.63) is 0 Å². The Morgan fingerprint density at radius 1 is 1.17 bits per heavy atom. The molecule has 0 unspecified atom stereocenters. The van der Waals surface area contributed by atoms with Gasteiger partial charge in [-0.15, -0.1) is 0 Å². The van der Waals surface area contributed by atoms with E-state index in [-0.39, 0.29) is 6.29 Å². The molecule has 0 atom stereocenters. The van der Waals surface area contributed by atoms with Crippen LogP contribution in [0.4, 0.5) is 13.2 Å². The summed E-state index contributed by atoms with van der Waals surface area (Å²) in [5.41, 5.74) is -5.22. The Morgan fingerprint density at radius 3 is 1.89 bits per heavy atom. The van der Waals surface area contributed by atoms with Crippen LogP contribution in [0.1, 0.15) is 27.7 Å². The molecule has 8 heteroatoms. The van der Waals surface area contributed by atoms with Crippen LogP contribution < -0.4 is 4.72 Å². The summed E-state index contributed by atoms with van der Waals surface area (Å²) in [6.07, 6.45) is 2.25. The molecule has 18 heavy (non-hydrogen) atoms. The average molecular weight is 308 g/mol. The number of halogens is 3. The van der Waals surface area contributed by atoms with E-state index in [0.29, 0.717) is 5.92 Å². The first-order valence-corrected chi connectivity index (χ1v) is 9.92. The topological polar surface area (TPSA) is 46.2 Å². The predicted molar refractivity (Wildman–Crippen MR) is 70.7 cm³/mol. The predicted octanol–water partition coefficient (Wildman–Crippen LogP) is 3.10. The number of hydrogen-bond acceptors (Lipinski definition) is 2. The van der Waals surface area contributed by atoms with Gasteiger partial charge in [0.2, 0.25) is 0 Å². The fourth-order valence-corrected chi connectivity index (χ4v) is 6.88. The van der Waals surface area contributed by atoms with E-state index in [0.717, 1.165) is 18.5 Å². The fourth-order valence-electron chi connectivity index (χ4n) is 1.85. The zero-order valence-corrected chi connectivity index (χ0v) is 12.9. The lowest BCUT2D eigenvalue weighted by Gasteiger charge is -2.27. The molecular formula is C10H22F3NO2PS+. The summed E-state index contributed by atoms with van der Waals surface area (Å²) in [5, 5.41) is 0. The van der Waals surface area contributed by atoms with Crippen molar-refractivity contribution >= 4 is 17.3 Å². The van der Waals surface area contributed by atoms with Crippen LogP contribution in [0.15, 0.2) is 0 Å². The monoisotopic (exact) mass is 308 g/mol. The normalized spacial score (nSPS) is 14.2. The van der Waals surface area contributed by atoms with Gasteiger partial charge in [0.25, 0.3) is 0 Å². The van der Waals surface area contributed by atoms with Crippen LogP contribution in [-0.4, -0.2) is 38.7 Å². The molecule has 0 amide bonds. The standard InChI is InChI=1S/C10H22F3NO2PS/c1-5-17(6-2,7-9(3)4)8-14-18(15,16)10(11,12)13/h9,14H,5-8H2,1-4H3/q+1. The highest BCUT2D eigenvalue weighted by molar-refractivity contribution is 7.91. The summed E-state index contributed by atoms with van der Waals surface area (Å²) in [7, 11) is -6.88. The summed E-state index contributed by atoms with van der Waals surface area (Å²) < 4.78 is 60.5. The van der Waals surface area contributed by atoms with Crippen molar-refractivity contribution in [1.82, 2.24) is 4.72 Å². The summed E-state index contributed by atoms with van der Waals surface area (Å²) >= 11 is 0. The smallest absolute Gasteiger partial charge is 0.203 e. The number of rotatable bonds is 7. The maximum atomic E-state index is 12.2. The molecule has 0 aromatic rings. The Kier molecular flexibility index (Phi) is 6.57. The molecule has 0 aromatic carbocycles. The minimum Gasteiger partial charge on any atom is -0.203 e. The molecule has 0 aliphatic rings. The molecule has 0 spiro atoms. The second kappa shape index (κ2) is 6.53. The third-order valence-electron chi connectivity index (χ3n) is 2.99. The van der Waals surface area contributed by atoms with E-state index in [4.69, 9.17) is 0 Å². The van der Waals surface area contributed by atoms with Crippen LogP contribution >= 0.6 is 7.26 Å². The third kappa shape index (κ3) is 5.02. The molecule has 1 N–H and O–H groups in total. The maximum absolute atomic E-state index is 12.2. The lowest BCUT2D eigenvalue weighted by molar-refractivity contribution is -0.0446. The van der Waals surface area contributed by atoms with Crippen LogP contribution in [0.2, 0.25) is 0 Å². The molecule has 3 nitrogen and oxygen atoms in total. The van der Waals surface area contributed by atoms with Gasteiger partial charge in [-0.2, -0.15) is 17.9 Å². The number of alkyl halides is 3. The van der Waals surface area contributed by atoms with Crippen LogP contribution in [0, 0.1) is 5.92 Å². The van der Waals surface area contributed by atoms with Gasteiger partial charge in [-0.05, 0) is 19.8 Å². The molecule has 110 valence electrons. The first-order chi connectivity index (χ1) is 7.99. The van der Waals surface area contributed by atoms with Crippen molar-refractivity contribution in [2.45, 2.75) is 33.2 Å². The van der Waals surface area contributed by atoms with Gasteiger partial charge < -0.3 is 0 Å². The van der Waals surface area contributed by atoms with Crippen LogP contribution in [-0.2, 0) is 10.0 Å².